The molecule has 0 saturated carbocycles. The topological polar surface area (TPSA) is 47.3 Å². The van der Waals surface area contributed by atoms with Crippen molar-refractivity contribution >= 4 is 17.3 Å². The molecule has 0 radical (unpaired) electrons. The Morgan fingerprint density at radius 2 is 1.68 bits per heavy atom. The van der Waals surface area contributed by atoms with Crippen LogP contribution < -0.4 is 5.63 Å². The molecule has 3 nitrogen and oxygen atoms in total. The lowest BCUT2D eigenvalue weighted by molar-refractivity contribution is 0.112. The number of hydrogen-bond acceptors (Lipinski definition) is 3. The fraction of sp³-hybridized carbons (Fsp3) is 0. The summed E-state index contributed by atoms with van der Waals surface area (Å²) in [6, 6.07) is 16.0. The van der Waals surface area contributed by atoms with Crippen LogP contribution in [0.15, 0.2) is 63.8 Å². The van der Waals surface area contributed by atoms with Crippen LogP contribution >= 0.6 is 0 Å². The van der Waals surface area contributed by atoms with Crippen LogP contribution in [-0.4, -0.2) is 6.29 Å². The maximum atomic E-state index is 12.0. The Hall–Kier alpha value is -2.68. The quantitative estimate of drug-likeness (QED) is 0.518. The molecule has 0 atom stereocenters. The zero-order valence-electron chi connectivity index (χ0n) is 10.00. The number of carbonyl (C=O) groups excluding carboxylic acids is 1. The van der Waals surface area contributed by atoms with Gasteiger partial charge >= 0.3 is 5.63 Å². The van der Waals surface area contributed by atoms with Crippen molar-refractivity contribution in [2.24, 2.45) is 0 Å². The molecule has 0 aliphatic heterocycles. The summed E-state index contributed by atoms with van der Waals surface area (Å²) in [4.78, 5) is 22.6. The molecule has 1 heterocycles. The molecule has 0 amide bonds. The van der Waals surface area contributed by atoms with Crippen LogP contribution in [0, 0.1) is 0 Å². The van der Waals surface area contributed by atoms with Crippen LogP contribution in [0.4, 0.5) is 0 Å². The van der Waals surface area contributed by atoms with Gasteiger partial charge in [-0.2, -0.15) is 0 Å². The smallest absolute Gasteiger partial charge is 0.344 e. The predicted molar refractivity (Wildman–Crippen MR) is 73.3 cm³/mol. The summed E-state index contributed by atoms with van der Waals surface area (Å²) in [6.07, 6.45) is 0.770. The first-order valence-corrected chi connectivity index (χ1v) is 5.86. The summed E-state index contributed by atoms with van der Waals surface area (Å²) < 4.78 is 5.28. The van der Waals surface area contributed by atoms with Crippen LogP contribution in [0.25, 0.3) is 22.1 Å². The minimum absolute atomic E-state index is 0.377. The Morgan fingerprint density at radius 3 is 2.42 bits per heavy atom. The molecule has 1 aromatic heterocycles. The first-order chi connectivity index (χ1) is 9.28. The van der Waals surface area contributed by atoms with Crippen LogP contribution in [-0.2, 0) is 0 Å². The standard InChI is InChI=1S/C16H10O3/c17-10-11-5-7-12(8-6-11)14-9-13-3-1-2-4-15(13)19-16(14)18/h1-10H. The van der Waals surface area contributed by atoms with Crippen LogP contribution in [0.3, 0.4) is 0 Å². The van der Waals surface area contributed by atoms with Gasteiger partial charge in [0.15, 0.2) is 0 Å². The number of carbonyl (C=O) groups is 1. The lowest BCUT2D eigenvalue weighted by Crippen LogP contribution is -2.02. The number of hydrogen-bond donors (Lipinski definition) is 0. The zero-order chi connectivity index (χ0) is 13.2. The van der Waals surface area contributed by atoms with Gasteiger partial charge < -0.3 is 4.42 Å². The van der Waals surface area contributed by atoms with E-state index in [4.69, 9.17) is 4.42 Å². The number of aldehydes is 1. The van der Waals surface area contributed by atoms with Gasteiger partial charge in [-0.25, -0.2) is 4.79 Å². The van der Waals surface area contributed by atoms with E-state index >= 15 is 0 Å². The average Bonchev–Trinajstić information content (AvgIpc) is 2.47. The fourth-order valence-electron chi connectivity index (χ4n) is 2.00. The molecule has 3 rings (SSSR count). The molecule has 0 fully saturated rings. The summed E-state index contributed by atoms with van der Waals surface area (Å²) in [5, 5.41) is 0.872. The molecule has 0 aliphatic rings. The van der Waals surface area contributed by atoms with Gasteiger partial charge in [0.05, 0.1) is 5.56 Å². The maximum Gasteiger partial charge on any atom is 0.344 e. The highest BCUT2D eigenvalue weighted by Crippen LogP contribution is 2.21. The van der Waals surface area contributed by atoms with Crippen molar-refractivity contribution in [1.82, 2.24) is 0 Å². The maximum absolute atomic E-state index is 12.0. The average molecular weight is 250 g/mol. The van der Waals surface area contributed by atoms with Crippen molar-refractivity contribution in [2.45, 2.75) is 0 Å². The first-order valence-electron chi connectivity index (χ1n) is 5.86. The lowest BCUT2D eigenvalue weighted by Gasteiger charge is -2.02. The van der Waals surface area contributed by atoms with Gasteiger partial charge in [-0.05, 0) is 17.7 Å². The molecule has 2 aromatic carbocycles. The van der Waals surface area contributed by atoms with E-state index in [1.54, 1.807) is 36.4 Å². The van der Waals surface area contributed by atoms with Crippen LogP contribution in [0.1, 0.15) is 10.4 Å². The molecule has 19 heavy (non-hydrogen) atoms. The highest BCUT2D eigenvalue weighted by molar-refractivity contribution is 5.82. The van der Waals surface area contributed by atoms with E-state index in [0.29, 0.717) is 16.7 Å². The molecule has 0 saturated heterocycles. The van der Waals surface area contributed by atoms with E-state index in [1.165, 1.54) is 0 Å². The second-order valence-electron chi connectivity index (χ2n) is 4.23. The van der Waals surface area contributed by atoms with Gasteiger partial charge in [0, 0.05) is 10.9 Å². The Kier molecular flexibility index (Phi) is 2.72. The minimum atomic E-state index is -0.377. The fourth-order valence-corrected chi connectivity index (χ4v) is 2.00. The third kappa shape index (κ3) is 2.06. The van der Waals surface area contributed by atoms with E-state index in [1.807, 2.05) is 18.2 Å². The molecule has 0 N–H and O–H groups in total. The predicted octanol–water partition coefficient (Wildman–Crippen LogP) is 3.27. The van der Waals surface area contributed by atoms with E-state index in [9.17, 15) is 9.59 Å². The largest absolute Gasteiger partial charge is 0.422 e. The van der Waals surface area contributed by atoms with Crippen molar-refractivity contribution in [2.75, 3.05) is 0 Å². The van der Waals surface area contributed by atoms with E-state index in [0.717, 1.165) is 17.2 Å². The normalized spacial score (nSPS) is 10.5. The van der Waals surface area contributed by atoms with E-state index in [-0.39, 0.29) is 5.63 Å². The van der Waals surface area contributed by atoms with Gasteiger partial charge in [-0.3, -0.25) is 4.79 Å². The van der Waals surface area contributed by atoms with E-state index in [2.05, 4.69) is 0 Å². The van der Waals surface area contributed by atoms with Crippen molar-refractivity contribution in [3.63, 3.8) is 0 Å². The van der Waals surface area contributed by atoms with Crippen molar-refractivity contribution in [3.05, 3.63) is 70.6 Å². The number of para-hydroxylation sites is 1. The summed E-state index contributed by atoms with van der Waals surface area (Å²) in [5.41, 5.74) is 2.01. The third-order valence-electron chi connectivity index (χ3n) is 3.00. The van der Waals surface area contributed by atoms with Gasteiger partial charge in [-0.15, -0.1) is 0 Å². The summed E-state index contributed by atoms with van der Waals surface area (Å²) in [6.45, 7) is 0. The summed E-state index contributed by atoms with van der Waals surface area (Å²) >= 11 is 0. The molecule has 0 unspecified atom stereocenters. The molecule has 92 valence electrons. The Bertz CT molecular complexity index is 798. The Morgan fingerprint density at radius 1 is 0.947 bits per heavy atom. The summed E-state index contributed by atoms with van der Waals surface area (Å²) in [7, 11) is 0. The van der Waals surface area contributed by atoms with Gasteiger partial charge in [0.2, 0.25) is 0 Å². The highest BCUT2D eigenvalue weighted by atomic mass is 16.4. The lowest BCUT2D eigenvalue weighted by atomic mass is 10.0. The monoisotopic (exact) mass is 250 g/mol. The zero-order valence-corrected chi connectivity index (χ0v) is 10.00. The van der Waals surface area contributed by atoms with Gasteiger partial charge in [-0.1, -0.05) is 42.5 Å². The Balaban J connectivity index is 2.20. The molecule has 0 aliphatic carbocycles. The highest BCUT2D eigenvalue weighted by Gasteiger charge is 2.07. The van der Waals surface area contributed by atoms with Gasteiger partial charge in [0.1, 0.15) is 11.9 Å². The molecule has 0 bridgehead atoms. The van der Waals surface area contributed by atoms with Crippen molar-refractivity contribution in [3.8, 4) is 11.1 Å². The second kappa shape index (κ2) is 4.53. The number of fused-ring (bicyclic) bond motifs is 1. The molecule has 3 aromatic rings. The molecule has 0 spiro atoms. The van der Waals surface area contributed by atoms with E-state index < -0.39 is 0 Å². The third-order valence-corrected chi connectivity index (χ3v) is 3.00. The van der Waals surface area contributed by atoms with Crippen molar-refractivity contribution in [1.29, 1.82) is 0 Å². The van der Waals surface area contributed by atoms with Crippen molar-refractivity contribution < 1.29 is 9.21 Å². The number of rotatable bonds is 2. The molecular formula is C16H10O3. The van der Waals surface area contributed by atoms with Gasteiger partial charge in [0.25, 0.3) is 0 Å². The second-order valence-corrected chi connectivity index (χ2v) is 4.23. The molecular weight excluding hydrogens is 240 g/mol. The minimum Gasteiger partial charge on any atom is -0.422 e. The Labute approximate surface area is 109 Å². The SMILES string of the molecule is O=Cc1ccc(-c2cc3ccccc3oc2=O)cc1. The first kappa shape index (κ1) is 11.4. The van der Waals surface area contributed by atoms with Crippen LogP contribution in [0.2, 0.25) is 0 Å². The molecule has 3 heteroatoms. The van der Waals surface area contributed by atoms with Crippen LogP contribution in [0.5, 0.6) is 0 Å². The number of benzene rings is 2. The summed E-state index contributed by atoms with van der Waals surface area (Å²) in [5.74, 6) is 0.